The van der Waals surface area contributed by atoms with E-state index < -0.39 is 4.92 Å². The lowest BCUT2D eigenvalue weighted by atomic mass is 10.1. The fourth-order valence-electron chi connectivity index (χ4n) is 3.72. The number of nitro groups is 1. The Balaban J connectivity index is 1.78. The molecule has 0 saturated carbocycles. The first kappa shape index (κ1) is 24.0. The van der Waals surface area contributed by atoms with Crippen LogP contribution >= 0.6 is 23.1 Å². The van der Waals surface area contributed by atoms with Crippen LogP contribution in [0.5, 0.6) is 5.75 Å². The second-order valence-electron chi connectivity index (χ2n) is 7.75. The third-order valence-corrected chi connectivity index (χ3v) is 7.69. The molecule has 0 unspecified atom stereocenters. The molecule has 2 aromatic carbocycles. The highest BCUT2D eigenvalue weighted by Crippen LogP contribution is 2.32. The Morgan fingerprint density at radius 3 is 2.44 bits per heavy atom. The van der Waals surface area contributed by atoms with E-state index in [0.29, 0.717) is 22.9 Å². The smallest absolute Gasteiger partial charge is 0.269 e. The van der Waals surface area contributed by atoms with Crippen LogP contribution in [-0.4, -0.2) is 21.1 Å². The molecule has 0 atom stereocenters. The molecular weight excluding hydrogens is 470 g/mol. The summed E-state index contributed by atoms with van der Waals surface area (Å²) < 4.78 is 7.21. The summed E-state index contributed by atoms with van der Waals surface area (Å²) in [5.41, 5.74) is 2.61. The number of rotatable bonds is 9. The van der Waals surface area contributed by atoms with Gasteiger partial charge in [0.25, 0.3) is 11.2 Å². The number of aromatic nitrogens is 2. The molecule has 4 aromatic rings. The van der Waals surface area contributed by atoms with Crippen LogP contribution in [0.4, 0.5) is 5.69 Å². The van der Waals surface area contributed by atoms with Gasteiger partial charge in [-0.3, -0.25) is 19.5 Å². The van der Waals surface area contributed by atoms with Gasteiger partial charge in [0.05, 0.1) is 22.6 Å². The Kier molecular flexibility index (Phi) is 7.33. The van der Waals surface area contributed by atoms with E-state index in [4.69, 9.17) is 9.72 Å². The number of nitro benzene ring substituents is 1. The van der Waals surface area contributed by atoms with Gasteiger partial charge >= 0.3 is 0 Å². The summed E-state index contributed by atoms with van der Waals surface area (Å²) in [5.74, 6) is 1.27. The largest absolute Gasteiger partial charge is 0.494 e. The molecule has 0 aliphatic heterocycles. The van der Waals surface area contributed by atoms with E-state index in [2.05, 4.69) is 6.92 Å². The van der Waals surface area contributed by atoms with Gasteiger partial charge in [-0.1, -0.05) is 37.2 Å². The molecule has 0 aliphatic carbocycles. The molecule has 2 aromatic heterocycles. The fraction of sp³-hybridized carbons (Fsp3) is 0.280. The zero-order valence-corrected chi connectivity index (χ0v) is 20.9. The van der Waals surface area contributed by atoms with E-state index in [9.17, 15) is 14.9 Å². The predicted molar refractivity (Wildman–Crippen MR) is 138 cm³/mol. The van der Waals surface area contributed by atoms with Crippen LogP contribution in [0.25, 0.3) is 15.9 Å². The maximum Gasteiger partial charge on any atom is 0.269 e. The molecule has 7 nitrogen and oxygen atoms in total. The average molecular weight is 496 g/mol. The number of thiophene rings is 1. The third-order valence-electron chi connectivity index (χ3n) is 5.43. The van der Waals surface area contributed by atoms with E-state index >= 15 is 0 Å². The van der Waals surface area contributed by atoms with Gasteiger partial charge in [-0.25, -0.2) is 4.98 Å². The lowest BCUT2D eigenvalue weighted by Gasteiger charge is -2.13. The first-order valence-electron chi connectivity index (χ1n) is 11.1. The molecule has 0 amide bonds. The Hall–Kier alpha value is -3.17. The standard InChI is InChI=1S/C25H25N3O4S2/c1-4-6-21-16(3)22-23(34-21)26-25(33-15-17-7-9-19(10-8-17)28(30)31)27(24(22)29)18-11-13-20(14-12-18)32-5-2/h7-14H,4-6,15H2,1-3H3. The second-order valence-corrected chi connectivity index (χ2v) is 9.78. The molecule has 0 bridgehead atoms. The Morgan fingerprint density at radius 1 is 1.12 bits per heavy atom. The Morgan fingerprint density at radius 2 is 1.82 bits per heavy atom. The molecular formula is C25H25N3O4S2. The van der Waals surface area contributed by atoms with Crippen molar-refractivity contribution in [3.05, 3.63) is 85.0 Å². The van der Waals surface area contributed by atoms with Crippen molar-refractivity contribution in [3.63, 3.8) is 0 Å². The van der Waals surface area contributed by atoms with Crippen molar-refractivity contribution >= 4 is 39.0 Å². The van der Waals surface area contributed by atoms with E-state index in [0.717, 1.165) is 40.2 Å². The first-order valence-corrected chi connectivity index (χ1v) is 12.9. The monoisotopic (exact) mass is 495 g/mol. The van der Waals surface area contributed by atoms with Crippen molar-refractivity contribution in [2.45, 2.75) is 44.5 Å². The molecule has 2 heterocycles. The molecule has 0 radical (unpaired) electrons. The normalized spacial score (nSPS) is 11.1. The minimum Gasteiger partial charge on any atom is -0.494 e. The highest BCUT2D eigenvalue weighted by molar-refractivity contribution is 7.98. The number of aryl methyl sites for hydroxylation is 2. The van der Waals surface area contributed by atoms with Crippen LogP contribution in [0.3, 0.4) is 0 Å². The van der Waals surface area contributed by atoms with Crippen molar-refractivity contribution in [1.29, 1.82) is 0 Å². The summed E-state index contributed by atoms with van der Waals surface area (Å²) in [4.78, 5) is 31.1. The fourth-order valence-corrected chi connectivity index (χ4v) is 6.01. The van der Waals surface area contributed by atoms with Gasteiger partial charge < -0.3 is 4.74 Å². The van der Waals surface area contributed by atoms with E-state index in [-0.39, 0.29) is 11.2 Å². The number of non-ortho nitro benzene ring substituents is 1. The molecule has 176 valence electrons. The van der Waals surface area contributed by atoms with Gasteiger partial charge in [-0.15, -0.1) is 11.3 Å². The van der Waals surface area contributed by atoms with Gasteiger partial charge in [0.2, 0.25) is 0 Å². The molecule has 34 heavy (non-hydrogen) atoms. The summed E-state index contributed by atoms with van der Waals surface area (Å²) in [6, 6.07) is 13.9. The topological polar surface area (TPSA) is 87.3 Å². The predicted octanol–water partition coefficient (Wildman–Crippen LogP) is 6.31. The number of ether oxygens (including phenoxy) is 1. The number of nitrogens with zero attached hydrogens (tertiary/aromatic N) is 3. The summed E-state index contributed by atoms with van der Waals surface area (Å²) in [5, 5.41) is 12.2. The van der Waals surface area contributed by atoms with Gasteiger partial charge in [0.15, 0.2) is 5.16 Å². The SMILES string of the molecule is CCCc1sc2nc(SCc3ccc([N+](=O)[O-])cc3)n(-c3ccc(OCC)cc3)c(=O)c2c1C. The maximum absolute atomic E-state index is 13.7. The molecule has 0 aliphatic rings. The first-order chi connectivity index (χ1) is 16.4. The average Bonchev–Trinajstić information content (AvgIpc) is 3.14. The quantitative estimate of drug-likeness (QED) is 0.117. The van der Waals surface area contributed by atoms with Crippen LogP contribution in [0, 0.1) is 17.0 Å². The van der Waals surface area contributed by atoms with Crippen molar-refractivity contribution in [2.24, 2.45) is 0 Å². The summed E-state index contributed by atoms with van der Waals surface area (Å²) >= 11 is 3.02. The Bertz CT molecular complexity index is 1380. The highest BCUT2D eigenvalue weighted by Gasteiger charge is 2.19. The molecule has 0 saturated heterocycles. The lowest BCUT2D eigenvalue weighted by molar-refractivity contribution is -0.384. The van der Waals surface area contributed by atoms with Crippen LogP contribution in [-0.2, 0) is 12.2 Å². The number of hydrogen-bond donors (Lipinski definition) is 0. The number of fused-ring (bicyclic) bond motifs is 1. The zero-order valence-electron chi connectivity index (χ0n) is 19.2. The second kappa shape index (κ2) is 10.4. The van der Waals surface area contributed by atoms with E-state index in [1.54, 1.807) is 28.0 Å². The van der Waals surface area contributed by atoms with E-state index in [1.807, 2.05) is 38.1 Å². The molecule has 0 N–H and O–H groups in total. The molecule has 0 fully saturated rings. The number of benzene rings is 2. The summed E-state index contributed by atoms with van der Waals surface area (Å²) in [6.07, 6.45) is 1.92. The van der Waals surface area contributed by atoms with Crippen LogP contribution in [0.2, 0.25) is 0 Å². The highest BCUT2D eigenvalue weighted by atomic mass is 32.2. The van der Waals surface area contributed by atoms with Crippen LogP contribution in [0.15, 0.2) is 58.5 Å². The minimum absolute atomic E-state index is 0.0529. The maximum atomic E-state index is 13.7. The summed E-state index contributed by atoms with van der Waals surface area (Å²) in [6.45, 7) is 6.62. The van der Waals surface area contributed by atoms with Crippen molar-refractivity contribution in [3.8, 4) is 11.4 Å². The van der Waals surface area contributed by atoms with Gasteiger partial charge in [-0.05, 0) is 55.7 Å². The lowest BCUT2D eigenvalue weighted by Crippen LogP contribution is -2.21. The third kappa shape index (κ3) is 4.85. The molecule has 0 spiro atoms. The van der Waals surface area contributed by atoms with Crippen molar-refractivity contribution in [2.75, 3.05) is 6.61 Å². The van der Waals surface area contributed by atoms with Gasteiger partial charge in [0.1, 0.15) is 10.6 Å². The molecule has 4 rings (SSSR count). The van der Waals surface area contributed by atoms with Crippen molar-refractivity contribution in [1.82, 2.24) is 9.55 Å². The van der Waals surface area contributed by atoms with E-state index in [1.165, 1.54) is 28.8 Å². The summed E-state index contributed by atoms with van der Waals surface area (Å²) in [7, 11) is 0. The Labute approximate surface area is 205 Å². The van der Waals surface area contributed by atoms with Crippen molar-refractivity contribution < 1.29 is 9.66 Å². The number of thioether (sulfide) groups is 1. The minimum atomic E-state index is -0.414. The molecule has 9 heteroatoms. The van der Waals surface area contributed by atoms with Crippen LogP contribution in [0.1, 0.15) is 36.3 Å². The van der Waals surface area contributed by atoms with Gasteiger partial charge in [0, 0.05) is 22.8 Å². The van der Waals surface area contributed by atoms with Crippen LogP contribution < -0.4 is 10.3 Å². The van der Waals surface area contributed by atoms with Gasteiger partial charge in [-0.2, -0.15) is 0 Å². The number of hydrogen-bond acceptors (Lipinski definition) is 7. The zero-order chi connectivity index (χ0) is 24.2.